The smallest absolute Gasteiger partial charge is 0.0777 e. The van der Waals surface area contributed by atoms with Crippen LogP contribution in [0.3, 0.4) is 0 Å². The largest absolute Gasteiger partial charge is 0.412 e. The van der Waals surface area contributed by atoms with Gasteiger partial charge in [0.15, 0.2) is 0 Å². The molecule has 0 aliphatic heterocycles. The maximum atomic E-state index is 8.60. The van der Waals surface area contributed by atoms with Gasteiger partial charge in [-0.3, -0.25) is 0 Å². The van der Waals surface area contributed by atoms with E-state index in [4.69, 9.17) is 37.3 Å². The predicted octanol–water partition coefficient (Wildman–Crippen LogP) is -11.1. The van der Waals surface area contributed by atoms with Gasteiger partial charge in [-0.15, -0.1) is 0 Å². The zero-order valence-electron chi connectivity index (χ0n) is 6.10. The summed E-state index contributed by atoms with van der Waals surface area (Å²) in [5, 5.41) is 0. The standard InChI is InChI=1S/2ClHO4.3H2O.Pb/c2*2-1(3,4)5;;;;/h2*(H,2,3,4,5);3*1H2;. The fourth-order valence-electron chi connectivity index (χ4n) is 0. The minimum absolute atomic E-state index is 0. The number of hydrogen-bond acceptors (Lipinski definition) is 8. The van der Waals surface area contributed by atoms with E-state index in [1.165, 1.54) is 0 Å². The normalized spacial score (nSPS) is 8.57. The molecule has 92 valence electrons. The molecule has 0 unspecified atom stereocenters. The zero-order chi connectivity index (χ0) is 9.00. The number of rotatable bonds is 0. The van der Waals surface area contributed by atoms with Crippen molar-refractivity contribution in [2.24, 2.45) is 0 Å². The summed E-state index contributed by atoms with van der Waals surface area (Å²) in [6.07, 6.45) is 0. The summed E-state index contributed by atoms with van der Waals surface area (Å²) in [5.74, 6) is 0. The first-order chi connectivity index (χ1) is 4.00. The third kappa shape index (κ3) is 1680. The van der Waals surface area contributed by atoms with Gasteiger partial charge < -0.3 is 16.4 Å². The molecule has 0 aromatic heterocycles. The van der Waals surface area contributed by atoms with Crippen molar-refractivity contribution in [3.05, 3.63) is 0 Å². The van der Waals surface area contributed by atoms with Gasteiger partial charge in [0.25, 0.3) is 0 Å². The van der Waals surface area contributed by atoms with E-state index in [9.17, 15) is 0 Å². The second-order valence-corrected chi connectivity index (χ2v) is 2.38. The summed E-state index contributed by atoms with van der Waals surface area (Å²) in [5.41, 5.74) is 0. The van der Waals surface area contributed by atoms with Gasteiger partial charge >= 0.3 is 0 Å². The van der Waals surface area contributed by atoms with Crippen LogP contribution < -0.4 is 28.0 Å². The molecule has 0 saturated carbocycles. The Morgan fingerprint density at radius 1 is 0.571 bits per heavy atom. The molecule has 0 fully saturated rings. The SMILES string of the molecule is O.O.O.[O-][Cl+3]([O-])([O-])O.[O-][Cl+3]([O-])([O-])O.[Pb]. The van der Waals surface area contributed by atoms with Gasteiger partial charge in [-0.25, -0.2) is 0 Å². The molecule has 0 spiro atoms. The van der Waals surface area contributed by atoms with Crippen LogP contribution in [0.2, 0.25) is 0 Å². The molecular formula is H8Cl2O11Pb. The average molecular weight is 462 g/mol. The third-order valence-corrected chi connectivity index (χ3v) is 0. The van der Waals surface area contributed by atoms with Crippen molar-refractivity contribution in [1.82, 2.24) is 0 Å². The second-order valence-electron chi connectivity index (χ2n) is 0.792. The summed E-state index contributed by atoms with van der Waals surface area (Å²) in [6.45, 7) is 0. The van der Waals surface area contributed by atoms with Crippen molar-refractivity contribution in [3.63, 3.8) is 0 Å². The van der Waals surface area contributed by atoms with Crippen molar-refractivity contribution in [1.29, 1.82) is 0 Å². The maximum absolute atomic E-state index is 8.60. The van der Waals surface area contributed by atoms with Crippen LogP contribution in [0.1, 0.15) is 0 Å². The van der Waals surface area contributed by atoms with Crippen LogP contribution in [0, 0.1) is 20.5 Å². The quantitative estimate of drug-likeness (QED) is 0.325. The van der Waals surface area contributed by atoms with Crippen molar-refractivity contribution in [2.75, 3.05) is 0 Å². The van der Waals surface area contributed by atoms with Crippen LogP contribution in [-0.4, -0.2) is 53.0 Å². The molecule has 0 aliphatic rings. The van der Waals surface area contributed by atoms with Gasteiger partial charge in [-0.05, 0) is 0 Å². The van der Waals surface area contributed by atoms with E-state index >= 15 is 0 Å². The molecule has 11 nitrogen and oxygen atoms in total. The van der Waals surface area contributed by atoms with Gasteiger partial charge in [0.05, 0.1) is 29.8 Å². The number of hydrogen-bond donors (Lipinski definition) is 2. The molecule has 0 rings (SSSR count). The Balaban J connectivity index is -0.0000000178. The fraction of sp³-hybridized carbons (Fsp3) is 0. The monoisotopic (exact) mass is 462 g/mol. The van der Waals surface area contributed by atoms with E-state index in [0.717, 1.165) is 0 Å². The zero-order valence-corrected chi connectivity index (χ0v) is 11.5. The Morgan fingerprint density at radius 2 is 0.571 bits per heavy atom. The molecule has 0 atom stereocenters. The van der Waals surface area contributed by atoms with Gasteiger partial charge in [-0.1, -0.05) is 0 Å². The Labute approximate surface area is 101 Å². The molecular weight excluding hydrogens is 454 g/mol. The molecule has 4 radical (unpaired) electrons. The van der Waals surface area contributed by atoms with Crippen LogP contribution in [0.15, 0.2) is 0 Å². The number of halogens is 2. The van der Waals surface area contributed by atoms with Crippen LogP contribution in [-0.2, 0) is 0 Å². The van der Waals surface area contributed by atoms with Crippen molar-refractivity contribution < 1.29 is 74.2 Å². The van der Waals surface area contributed by atoms with E-state index in [1.807, 2.05) is 0 Å². The van der Waals surface area contributed by atoms with Gasteiger partial charge in [0.1, 0.15) is 0 Å². The van der Waals surface area contributed by atoms with E-state index in [0.29, 0.717) is 0 Å². The summed E-state index contributed by atoms with van der Waals surface area (Å²) >= 11 is 0. The predicted molar refractivity (Wildman–Crippen MR) is 21.0 cm³/mol. The van der Waals surface area contributed by atoms with E-state index in [2.05, 4.69) is 0 Å². The Kier molecular flexibility index (Phi) is 36.4. The summed E-state index contributed by atoms with van der Waals surface area (Å²) in [6, 6.07) is 0. The Morgan fingerprint density at radius 3 is 0.571 bits per heavy atom. The Hall–Kier alpha value is 1.06. The minimum atomic E-state index is -4.69. The molecule has 0 aliphatic carbocycles. The van der Waals surface area contributed by atoms with Crippen LogP contribution >= 0.6 is 0 Å². The van der Waals surface area contributed by atoms with Gasteiger partial charge in [0, 0.05) is 27.3 Å². The van der Waals surface area contributed by atoms with Crippen molar-refractivity contribution in [2.45, 2.75) is 0 Å². The van der Waals surface area contributed by atoms with E-state index in [1.54, 1.807) is 0 Å². The first-order valence-corrected chi connectivity index (χ1v) is 3.79. The topological polar surface area (TPSA) is 273 Å². The molecule has 14 heavy (non-hydrogen) atoms. The van der Waals surface area contributed by atoms with Crippen LogP contribution in [0.5, 0.6) is 0 Å². The van der Waals surface area contributed by atoms with Gasteiger partial charge in [0.2, 0.25) is 0 Å². The molecule has 0 heterocycles. The van der Waals surface area contributed by atoms with Crippen LogP contribution in [0.25, 0.3) is 0 Å². The molecule has 14 heteroatoms. The van der Waals surface area contributed by atoms with Crippen molar-refractivity contribution >= 4 is 27.3 Å². The molecule has 0 aromatic carbocycles. The second kappa shape index (κ2) is 14.1. The summed E-state index contributed by atoms with van der Waals surface area (Å²) < 4.78 is 65.4. The molecule has 8 N–H and O–H groups in total. The molecule has 0 aromatic rings. The Bertz CT molecular complexity index is 56.3. The maximum Gasteiger partial charge on any atom is 0.0777 e. The summed E-state index contributed by atoms with van der Waals surface area (Å²) in [7, 11) is -9.39. The molecule has 0 saturated heterocycles. The molecule has 0 amide bonds. The first-order valence-electron chi connectivity index (χ1n) is 1.26. The minimum Gasteiger partial charge on any atom is -0.412 e. The van der Waals surface area contributed by atoms with Crippen molar-refractivity contribution in [3.8, 4) is 0 Å². The average Bonchev–Trinajstić information content (AvgIpc) is 1.12. The third-order valence-electron chi connectivity index (χ3n) is 0. The van der Waals surface area contributed by atoms with Crippen LogP contribution in [0.4, 0.5) is 0 Å². The first kappa shape index (κ1) is 36.3. The summed E-state index contributed by atoms with van der Waals surface area (Å²) in [4.78, 5) is 0. The van der Waals surface area contributed by atoms with E-state index < -0.39 is 20.5 Å². The van der Waals surface area contributed by atoms with E-state index in [-0.39, 0.29) is 43.7 Å². The fourth-order valence-corrected chi connectivity index (χ4v) is 0. The molecule has 0 bridgehead atoms. The van der Waals surface area contributed by atoms with Gasteiger partial charge in [-0.2, -0.15) is 28.0 Å².